The SMILES string of the molecule is CCC(=O)O[C@H]1C[C@@H](OC(C)=O)[C@H](n2c(=O)[nH]c3c(Cl)nc(N)nc32)O1. The van der Waals surface area contributed by atoms with Crippen molar-refractivity contribution in [3.63, 3.8) is 0 Å². The van der Waals surface area contributed by atoms with Crippen LogP contribution in [0.5, 0.6) is 0 Å². The molecule has 0 aromatic carbocycles. The number of aromatic amines is 1. The number of nitrogens with one attached hydrogen (secondary N) is 1. The van der Waals surface area contributed by atoms with Crippen LogP contribution in [0, 0.1) is 0 Å². The first kappa shape index (κ1) is 18.1. The molecule has 140 valence electrons. The molecule has 0 unspecified atom stereocenters. The Kier molecular flexibility index (Phi) is 4.83. The molecule has 3 heterocycles. The van der Waals surface area contributed by atoms with Crippen molar-refractivity contribution in [2.75, 3.05) is 5.73 Å². The molecule has 26 heavy (non-hydrogen) atoms. The lowest BCUT2D eigenvalue weighted by atomic mass is 10.2. The molecule has 2 aromatic rings. The fourth-order valence-corrected chi connectivity index (χ4v) is 2.89. The van der Waals surface area contributed by atoms with Gasteiger partial charge in [-0.1, -0.05) is 18.5 Å². The van der Waals surface area contributed by atoms with Gasteiger partial charge in [-0.05, 0) is 0 Å². The summed E-state index contributed by atoms with van der Waals surface area (Å²) in [5.41, 5.74) is 5.22. The van der Waals surface area contributed by atoms with E-state index < -0.39 is 36.3 Å². The number of imidazole rings is 1. The number of H-pyrrole nitrogens is 1. The molecule has 3 N–H and O–H groups in total. The van der Waals surface area contributed by atoms with Crippen LogP contribution < -0.4 is 11.4 Å². The fourth-order valence-electron chi connectivity index (χ4n) is 2.68. The van der Waals surface area contributed by atoms with Crippen molar-refractivity contribution >= 4 is 40.7 Å². The third-order valence-electron chi connectivity index (χ3n) is 3.70. The Balaban J connectivity index is 2.03. The van der Waals surface area contributed by atoms with Crippen molar-refractivity contribution in [2.24, 2.45) is 0 Å². The number of halogens is 1. The summed E-state index contributed by atoms with van der Waals surface area (Å²) in [6, 6.07) is 0. The number of hydrogen-bond donors (Lipinski definition) is 2. The average molecular weight is 386 g/mol. The summed E-state index contributed by atoms with van der Waals surface area (Å²) in [7, 11) is 0. The van der Waals surface area contributed by atoms with Crippen molar-refractivity contribution in [2.45, 2.75) is 45.3 Å². The van der Waals surface area contributed by atoms with Gasteiger partial charge in [-0.25, -0.2) is 9.36 Å². The zero-order chi connectivity index (χ0) is 19.0. The zero-order valence-electron chi connectivity index (χ0n) is 13.9. The van der Waals surface area contributed by atoms with Gasteiger partial charge in [-0.2, -0.15) is 9.97 Å². The van der Waals surface area contributed by atoms with Crippen LogP contribution in [0.4, 0.5) is 5.95 Å². The van der Waals surface area contributed by atoms with Crippen molar-refractivity contribution in [3.05, 3.63) is 15.6 Å². The van der Waals surface area contributed by atoms with Crippen LogP contribution in [-0.4, -0.2) is 43.9 Å². The Morgan fingerprint density at radius 3 is 2.81 bits per heavy atom. The van der Waals surface area contributed by atoms with Gasteiger partial charge in [0.05, 0.1) is 6.42 Å². The lowest BCUT2D eigenvalue weighted by molar-refractivity contribution is -0.183. The third kappa shape index (κ3) is 3.35. The number of esters is 2. The summed E-state index contributed by atoms with van der Waals surface area (Å²) in [5, 5.41) is -0.0423. The molecule has 12 heteroatoms. The average Bonchev–Trinajstić information content (AvgIpc) is 3.06. The summed E-state index contributed by atoms with van der Waals surface area (Å²) < 4.78 is 17.1. The van der Waals surface area contributed by atoms with Crippen molar-refractivity contribution in [1.82, 2.24) is 19.5 Å². The molecule has 0 aliphatic carbocycles. The second-order valence-electron chi connectivity index (χ2n) is 5.55. The Hall–Kier alpha value is -2.66. The highest BCUT2D eigenvalue weighted by Gasteiger charge is 2.42. The lowest BCUT2D eigenvalue weighted by Gasteiger charge is -2.18. The molecule has 1 aliphatic heterocycles. The monoisotopic (exact) mass is 385 g/mol. The third-order valence-corrected chi connectivity index (χ3v) is 3.97. The Labute approximate surface area is 151 Å². The minimum Gasteiger partial charge on any atom is -0.457 e. The van der Waals surface area contributed by atoms with E-state index in [1.54, 1.807) is 6.92 Å². The minimum absolute atomic E-state index is 0.0423. The molecule has 1 saturated heterocycles. The van der Waals surface area contributed by atoms with Gasteiger partial charge >= 0.3 is 17.6 Å². The number of hydrogen-bond acceptors (Lipinski definition) is 9. The highest BCUT2D eigenvalue weighted by atomic mass is 35.5. The van der Waals surface area contributed by atoms with Crippen LogP contribution in [-0.2, 0) is 23.8 Å². The molecule has 0 amide bonds. The van der Waals surface area contributed by atoms with E-state index in [1.165, 1.54) is 6.92 Å². The number of fused-ring (bicyclic) bond motifs is 1. The molecule has 1 aliphatic rings. The maximum Gasteiger partial charge on any atom is 0.330 e. The maximum atomic E-state index is 12.4. The Bertz CT molecular complexity index is 924. The first-order valence-corrected chi connectivity index (χ1v) is 8.13. The highest BCUT2D eigenvalue weighted by molar-refractivity contribution is 6.33. The first-order valence-electron chi connectivity index (χ1n) is 7.75. The topological polar surface area (TPSA) is 151 Å². The number of carbonyl (C=O) groups excluding carboxylic acids is 2. The smallest absolute Gasteiger partial charge is 0.330 e. The van der Waals surface area contributed by atoms with Gasteiger partial charge < -0.3 is 24.9 Å². The van der Waals surface area contributed by atoms with Crippen LogP contribution in [0.15, 0.2) is 4.79 Å². The van der Waals surface area contributed by atoms with Gasteiger partial charge in [0.25, 0.3) is 0 Å². The summed E-state index contributed by atoms with van der Waals surface area (Å²) in [6.45, 7) is 2.85. The minimum atomic E-state index is -1.08. The van der Waals surface area contributed by atoms with Crippen LogP contribution in [0.25, 0.3) is 11.2 Å². The fraction of sp³-hybridized carbons (Fsp3) is 0.500. The number of nitrogen functional groups attached to an aromatic ring is 1. The molecule has 0 bridgehead atoms. The summed E-state index contributed by atoms with van der Waals surface area (Å²) >= 11 is 5.98. The number of anilines is 1. The van der Waals surface area contributed by atoms with Gasteiger partial charge in [0, 0.05) is 13.3 Å². The van der Waals surface area contributed by atoms with Gasteiger partial charge in [0.15, 0.2) is 23.1 Å². The second kappa shape index (κ2) is 6.92. The van der Waals surface area contributed by atoms with E-state index in [0.717, 1.165) is 4.57 Å². The molecule has 11 nitrogen and oxygen atoms in total. The van der Waals surface area contributed by atoms with E-state index >= 15 is 0 Å². The van der Waals surface area contributed by atoms with Crippen LogP contribution >= 0.6 is 11.6 Å². The Morgan fingerprint density at radius 1 is 1.42 bits per heavy atom. The van der Waals surface area contributed by atoms with Crippen LogP contribution in [0.1, 0.15) is 32.9 Å². The standard InChI is InChI=1S/C14H16ClN5O6/c1-3-7(22)25-8-4-6(24-5(2)21)12(26-8)20-11-9(17-14(20)23)10(15)18-13(16)19-11/h6,8,12H,3-4H2,1-2H3,(H,17,23)(H2,16,18,19)/t6-,8-,12-/m1/s1. The van der Waals surface area contributed by atoms with Gasteiger partial charge in [-0.15, -0.1) is 0 Å². The predicted octanol–water partition coefficient (Wildman–Crippen LogP) is 0.485. The highest BCUT2D eigenvalue weighted by Crippen LogP contribution is 2.33. The molecule has 2 aromatic heterocycles. The number of nitrogens with zero attached hydrogens (tertiary/aromatic N) is 3. The molecule has 0 saturated carbocycles. The van der Waals surface area contributed by atoms with E-state index in [1.807, 2.05) is 0 Å². The number of nitrogens with two attached hydrogens (primary N) is 1. The largest absolute Gasteiger partial charge is 0.457 e. The summed E-state index contributed by atoms with van der Waals surface area (Å²) in [4.78, 5) is 45.6. The number of ether oxygens (including phenoxy) is 3. The quantitative estimate of drug-likeness (QED) is 0.565. The number of carbonyl (C=O) groups is 2. The van der Waals surface area contributed by atoms with E-state index in [-0.39, 0.29) is 35.1 Å². The molecule has 0 spiro atoms. The zero-order valence-corrected chi connectivity index (χ0v) is 14.6. The van der Waals surface area contributed by atoms with Crippen LogP contribution in [0.2, 0.25) is 5.15 Å². The Morgan fingerprint density at radius 2 is 2.15 bits per heavy atom. The predicted molar refractivity (Wildman–Crippen MR) is 88.0 cm³/mol. The van der Waals surface area contributed by atoms with E-state index in [9.17, 15) is 14.4 Å². The second-order valence-corrected chi connectivity index (χ2v) is 5.91. The number of aromatic nitrogens is 4. The molecule has 3 rings (SSSR count). The maximum absolute atomic E-state index is 12.4. The summed E-state index contributed by atoms with van der Waals surface area (Å²) in [6.07, 6.45) is -2.74. The molecular weight excluding hydrogens is 370 g/mol. The van der Waals surface area contributed by atoms with Gasteiger partial charge in [0.2, 0.25) is 12.2 Å². The molecular formula is C14H16ClN5O6. The molecule has 0 radical (unpaired) electrons. The van der Waals surface area contributed by atoms with E-state index in [0.29, 0.717) is 0 Å². The normalized spacial score (nSPS) is 22.5. The van der Waals surface area contributed by atoms with Gasteiger partial charge in [-0.3, -0.25) is 9.59 Å². The van der Waals surface area contributed by atoms with Crippen molar-refractivity contribution in [1.29, 1.82) is 0 Å². The van der Waals surface area contributed by atoms with Crippen LogP contribution in [0.3, 0.4) is 0 Å². The number of rotatable bonds is 4. The van der Waals surface area contributed by atoms with Crippen molar-refractivity contribution < 1.29 is 23.8 Å². The molecule has 1 fully saturated rings. The van der Waals surface area contributed by atoms with E-state index in [4.69, 9.17) is 31.5 Å². The lowest BCUT2D eigenvalue weighted by Crippen LogP contribution is -2.31. The van der Waals surface area contributed by atoms with Crippen molar-refractivity contribution in [3.8, 4) is 0 Å². The summed E-state index contributed by atoms with van der Waals surface area (Å²) in [5.74, 6) is -1.21. The molecule has 3 atom stereocenters. The first-order chi connectivity index (χ1) is 12.3. The van der Waals surface area contributed by atoms with E-state index in [2.05, 4.69) is 15.0 Å². The van der Waals surface area contributed by atoms with Gasteiger partial charge in [0.1, 0.15) is 5.52 Å².